The largest absolute Gasteiger partial charge is 0.416 e. The molecule has 2 aromatic heterocycles. The first-order valence-electron chi connectivity index (χ1n) is 6.94. The number of amides is 1. The summed E-state index contributed by atoms with van der Waals surface area (Å²) in [5.41, 5.74) is 1.10. The van der Waals surface area contributed by atoms with Crippen LogP contribution in [0, 0.1) is 0 Å². The predicted molar refractivity (Wildman–Crippen MR) is 89.6 cm³/mol. The summed E-state index contributed by atoms with van der Waals surface area (Å²) in [5, 5.41) is 13.2. The summed E-state index contributed by atoms with van der Waals surface area (Å²) in [6.45, 7) is 1.79. The van der Waals surface area contributed by atoms with Gasteiger partial charge in [0.15, 0.2) is 5.13 Å². The zero-order chi connectivity index (χ0) is 16.1. The SMILES string of the molecule is C[C@H](Sc1nnc(Cc2ccccc2)o1)C(=O)Nc1nccs1. The molecule has 0 radical (unpaired) electrons. The van der Waals surface area contributed by atoms with E-state index in [-0.39, 0.29) is 11.2 Å². The number of anilines is 1. The summed E-state index contributed by atoms with van der Waals surface area (Å²) >= 11 is 2.61. The van der Waals surface area contributed by atoms with Gasteiger partial charge in [-0.2, -0.15) is 0 Å². The number of nitrogens with zero attached hydrogens (tertiary/aromatic N) is 3. The molecule has 0 aliphatic carbocycles. The third kappa shape index (κ3) is 4.40. The van der Waals surface area contributed by atoms with Crippen LogP contribution >= 0.6 is 23.1 Å². The summed E-state index contributed by atoms with van der Waals surface area (Å²) < 4.78 is 5.59. The highest BCUT2D eigenvalue weighted by atomic mass is 32.2. The lowest BCUT2D eigenvalue weighted by Crippen LogP contribution is -2.22. The van der Waals surface area contributed by atoms with Crippen molar-refractivity contribution in [2.24, 2.45) is 0 Å². The van der Waals surface area contributed by atoms with Gasteiger partial charge in [-0.05, 0) is 12.5 Å². The Bertz CT molecular complexity index is 759. The molecule has 0 saturated heterocycles. The van der Waals surface area contributed by atoms with Crippen molar-refractivity contribution < 1.29 is 9.21 Å². The highest BCUT2D eigenvalue weighted by Gasteiger charge is 2.19. The topological polar surface area (TPSA) is 80.9 Å². The van der Waals surface area contributed by atoms with Gasteiger partial charge in [0, 0.05) is 11.6 Å². The molecular formula is C15H14N4O2S2. The van der Waals surface area contributed by atoms with Crippen LogP contribution < -0.4 is 5.32 Å². The van der Waals surface area contributed by atoms with Gasteiger partial charge < -0.3 is 9.73 Å². The molecule has 1 aromatic carbocycles. The van der Waals surface area contributed by atoms with Crippen molar-refractivity contribution in [3.63, 3.8) is 0 Å². The van der Waals surface area contributed by atoms with Gasteiger partial charge >= 0.3 is 0 Å². The molecule has 1 atom stereocenters. The third-order valence-electron chi connectivity index (χ3n) is 2.96. The number of thiazole rings is 1. The van der Waals surface area contributed by atoms with E-state index in [1.165, 1.54) is 23.1 Å². The van der Waals surface area contributed by atoms with Gasteiger partial charge in [0.25, 0.3) is 5.22 Å². The van der Waals surface area contributed by atoms with Gasteiger partial charge in [0.1, 0.15) is 0 Å². The monoisotopic (exact) mass is 346 g/mol. The van der Waals surface area contributed by atoms with E-state index in [9.17, 15) is 4.79 Å². The summed E-state index contributed by atoms with van der Waals surface area (Å²) in [7, 11) is 0. The zero-order valence-corrected chi connectivity index (χ0v) is 13.9. The summed E-state index contributed by atoms with van der Waals surface area (Å²) in [5.74, 6) is 0.388. The van der Waals surface area contributed by atoms with Crippen LogP contribution in [0.4, 0.5) is 5.13 Å². The van der Waals surface area contributed by atoms with Crippen molar-refractivity contribution in [3.8, 4) is 0 Å². The fourth-order valence-electron chi connectivity index (χ4n) is 1.82. The molecule has 0 bridgehead atoms. The van der Waals surface area contributed by atoms with Crippen LogP contribution in [-0.4, -0.2) is 26.3 Å². The van der Waals surface area contributed by atoms with E-state index < -0.39 is 0 Å². The Kier molecular flexibility index (Phi) is 5.04. The van der Waals surface area contributed by atoms with Crippen molar-refractivity contribution in [2.45, 2.75) is 23.8 Å². The van der Waals surface area contributed by atoms with Crippen LogP contribution in [0.1, 0.15) is 18.4 Å². The molecule has 0 spiro atoms. The third-order valence-corrected chi connectivity index (χ3v) is 4.58. The van der Waals surface area contributed by atoms with E-state index in [1.807, 2.05) is 30.3 Å². The number of thioether (sulfide) groups is 1. The maximum Gasteiger partial charge on any atom is 0.277 e. The van der Waals surface area contributed by atoms with Crippen molar-refractivity contribution >= 4 is 34.1 Å². The molecule has 0 aliphatic heterocycles. The first-order chi connectivity index (χ1) is 11.2. The van der Waals surface area contributed by atoms with E-state index in [0.717, 1.165) is 5.56 Å². The first-order valence-corrected chi connectivity index (χ1v) is 8.70. The molecule has 23 heavy (non-hydrogen) atoms. The molecule has 0 unspecified atom stereocenters. The lowest BCUT2D eigenvalue weighted by atomic mass is 10.2. The fourth-order valence-corrected chi connectivity index (χ4v) is 3.06. The number of nitrogens with one attached hydrogen (secondary N) is 1. The molecule has 1 N–H and O–H groups in total. The van der Waals surface area contributed by atoms with E-state index >= 15 is 0 Å². The van der Waals surface area contributed by atoms with Crippen molar-refractivity contribution in [2.75, 3.05) is 5.32 Å². The van der Waals surface area contributed by atoms with Gasteiger partial charge in [-0.1, -0.05) is 42.1 Å². The molecule has 3 aromatic rings. The second-order valence-corrected chi connectivity index (χ2v) is 6.90. The Balaban J connectivity index is 1.56. The normalized spacial score (nSPS) is 12.0. The lowest BCUT2D eigenvalue weighted by Gasteiger charge is -2.07. The Morgan fingerprint density at radius 3 is 2.91 bits per heavy atom. The van der Waals surface area contributed by atoms with E-state index in [2.05, 4.69) is 20.5 Å². The highest BCUT2D eigenvalue weighted by molar-refractivity contribution is 8.00. The molecule has 8 heteroatoms. The van der Waals surface area contributed by atoms with Crippen molar-refractivity contribution in [1.82, 2.24) is 15.2 Å². The smallest absolute Gasteiger partial charge is 0.277 e. The van der Waals surface area contributed by atoms with Crippen molar-refractivity contribution in [1.29, 1.82) is 0 Å². The molecule has 118 valence electrons. The Morgan fingerprint density at radius 1 is 1.35 bits per heavy atom. The van der Waals surface area contributed by atoms with Crippen molar-refractivity contribution in [3.05, 3.63) is 53.4 Å². The van der Waals surface area contributed by atoms with Crippen LogP contribution in [0.25, 0.3) is 0 Å². The molecule has 0 fully saturated rings. The van der Waals surface area contributed by atoms with Gasteiger partial charge in [0.05, 0.1) is 11.7 Å². The minimum absolute atomic E-state index is 0.146. The lowest BCUT2D eigenvalue weighted by molar-refractivity contribution is -0.115. The predicted octanol–water partition coefficient (Wildman–Crippen LogP) is 3.24. The maximum atomic E-state index is 12.1. The van der Waals surface area contributed by atoms with E-state index in [1.54, 1.807) is 18.5 Å². The minimum atomic E-state index is -0.357. The summed E-state index contributed by atoms with van der Waals surface area (Å²) in [4.78, 5) is 16.1. The van der Waals surface area contributed by atoms with Crippen LogP contribution in [0.2, 0.25) is 0 Å². The Morgan fingerprint density at radius 2 is 2.17 bits per heavy atom. The second-order valence-electron chi connectivity index (χ2n) is 4.71. The van der Waals surface area contributed by atoms with E-state index in [4.69, 9.17) is 4.42 Å². The Labute approximate surface area is 141 Å². The molecular weight excluding hydrogens is 332 g/mol. The zero-order valence-electron chi connectivity index (χ0n) is 12.3. The number of hydrogen-bond acceptors (Lipinski definition) is 7. The quantitative estimate of drug-likeness (QED) is 0.690. The second kappa shape index (κ2) is 7.38. The minimum Gasteiger partial charge on any atom is -0.416 e. The average molecular weight is 346 g/mol. The fraction of sp³-hybridized carbons (Fsp3) is 0.200. The number of hydrogen-bond donors (Lipinski definition) is 1. The van der Waals surface area contributed by atoms with Crippen LogP contribution in [0.15, 0.2) is 51.5 Å². The van der Waals surface area contributed by atoms with Gasteiger partial charge in [-0.3, -0.25) is 4.79 Å². The molecule has 1 amide bonds. The van der Waals surface area contributed by atoms with Crippen LogP contribution in [0.5, 0.6) is 0 Å². The van der Waals surface area contributed by atoms with Gasteiger partial charge in [-0.25, -0.2) is 4.98 Å². The maximum absolute atomic E-state index is 12.1. The number of benzene rings is 1. The van der Waals surface area contributed by atoms with Gasteiger partial charge in [0.2, 0.25) is 11.8 Å². The Hall–Kier alpha value is -2.19. The van der Waals surface area contributed by atoms with E-state index in [0.29, 0.717) is 22.7 Å². The molecule has 0 saturated carbocycles. The summed E-state index contributed by atoms with van der Waals surface area (Å²) in [6, 6.07) is 9.89. The first kappa shape index (κ1) is 15.7. The number of rotatable bonds is 6. The number of aromatic nitrogens is 3. The molecule has 2 heterocycles. The standard InChI is InChI=1S/C15H14N4O2S2/c1-10(13(20)17-14-16-7-8-22-14)23-15-19-18-12(21-15)9-11-5-3-2-4-6-11/h2-8,10H,9H2,1H3,(H,16,17,20)/t10-/m0/s1. The number of carbonyl (C=O) groups excluding carboxylic acids is 1. The van der Waals surface area contributed by atoms with Gasteiger partial charge in [-0.15, -0.1) is 21.5 Å². The highest BCUT2D eigenvalue weighted by Crippen LogP contribution is 2.24. The molecule has 6 nitrogen and oxygen atoms in total. The van der Waals surface area contributed by atoms with Crippen LogP contribution in [0.3, 0.4) is 0 Å². The number of carbonyl (C=O) groups is 1. The molecule has 3 rings (SSSR count). The van der Waals surface area contributed by atoms with Crippen LogP contribution in [-0.2, 0) is 11.2 Å². The average Bonchev–Trinajstić information content (AvgIpc) is 3.20. The summed E-state index contributed by atoms with van der Waals surface area (Å²) in [6.07, 6.45) is 2.22. The molecule has 0 aliphatic rings.